The van der Waals surface area contributed by atoms with Crippen LogP contribution in [0.15, 0.2) is 56.5 Å². The second kappa shape index (κ2) is 7.41. The first-order valence-electron chi connectivity index (χ1n) is 8.61. The highest BCUT2D eigenvalue weighted by Gasteiger charge is 2.16. The highest BCUT2D eigenvalue weighted by molar-refractivity contribution is 7.09. The van der Waals surface area contributed by atoms with Crippen molar-refractivity contribution in [2.75, 3.05) is 5.32 Å². The van der Waals surface area contributed by atoms with Gasteiger partial charge >= 0.3 is 4.87 Å². The van der Waals surface area contributed by atoms with Gasteiger partial charge in [-0.2, -0.15) is 0 Å². The molecule has 0 aliphatic heterocycles. The maximum Gasteiger partial charge on any atom is 0.307 e. The van der Waals surface area contributed by atoms with Gasteiger partial charge in [0.25, 0.3) is 5.91 Å². The highest BCUT2D eigenvalue weighted by atomic mass is 32.1. The van der Waals surface area contributed by atoms with Gasteiger partial charge in [0, 0.05) is 30.3 Å². The highest BCUT2D eigenvalue weighted by Crippen LogP contribution is 2.28. The number of phenolic OH excluding ortho intramolecular Hbond substituents is 2. The number of H-pyrrole nitrogens is 1. The number of nitrogens with one attached hydrogen (secondary N) is 2. The molecule has 30 heavy (non-hydrogen) atoms. The normalized spacial score (nSPS) is 10.9. The minimum absolute atomic E-state index is 0.120. The van der Waals surface area contributed by atoms with Crippen LogP contribution in [0.1, 0.15) is 21.0 Å². The van der Waals surface area contributed by atoms with E-state index in [1.165, 1.54) is 0 Å². The fraction of sp³-hybridized carbons (Fsp3) is 0.0500. The number of carbonyl (C=O) groups is 1. The van der Waals surface area contributed by atoms with Crippen molar-refractivity contribution in [3.63, 3.8) is 0 Å². The number of thiazole rings is 1. The van der Waals surface area contributed by atoms with Crippen LogP contribution in [0.4, 0.5) is 5.69 Å². The van der Waals surface area contributed by atoms with E-state index < -0.39 is 17.1 Å². The number of aromatic hydroxyl groups is 3. The van der Waals surface area contributed by atoms with Gasteiger partial charge in [-0.15, -0.1) is 0 Å². The Kier molecular flexibility index (Phi) is 4.76. The summed E-state index contributed by atoms with van der Waals surface area (Å²) in [6.07, 6.45) is 0.343. The van der Waals surface area contributed by atoms with E-state index in [0.717, 1.165) is 35.1 Å². The number of benzene rings is 2. The van der Waals surface area contributed by atoms with E-state index >= 15 is 0 Å². The van der Waals surface area contributed by atoms with Crippen LogP contribution in [0, 0.1) is 0 Å². The average molecular weight is 426 g/mol. The van der Waals surface area contributed by atoms with Crippen molar-refractivity contribution in [3.8, 4) is 17.4 Å². The first kappa shape index (κ1) is 19.3. The van der Waals surface area contributed by atoms with Crippen LogP contribution in [0.5, 0.6) is 17.4 Å². The molecule has 0 aliphatic rings. The molecule has 2 heterocycles. The fourth-order valence-electron chi connectivity index (χ4n) is 2.92. The predicted octanol–water partition coefficient (Wildman–Crippen LogP) is 2.50. The second-order valence-electron chi connectivity index (χ2n) is 6.43. The Labute approximate surface area is 171 Å². The zero-order valence-corrected chi connectivity index (χ0v) is 15.9. The third kappa shape index (κ3) is 3.76. The van der Waals surface area contributed by atoms with Crippen molar-refractivity contribution >= 4 is 33.9 Å². The Bertz CT molecular complexity index is 1380. The molecular weight excluding hydrogens is 412 g/mol. The maximum absolute atomic E-state index is 12.5. The Morgan fingerprint density at radius 1 is 1.07 bits per heavy atom. The van der Waals surface area contributed by atoms with E-state index in [9.17, 15) is 29.7 Å². The molecule has 9 nitrogen and oxygen atoms in total. The van der Waals surface area contributed by atoms with Crippen LogP contribution in [0.3, 0.4) is 0 Å². The summed E-state index contributed by atoms with van der Waals surface area (Å²) in [5.41, 5.74) is 0.490. The molecule has 0 unspecified atom stereocenters. The topological polar surface area (TPSA) is 153 Å². The van der Waals surface area contributed by atoms with Crippen LogP contribution in [-0.2, 0) is 6.42 Å². The molecule has 0 fully saturated rings. The molecular formula is C20H14N2O7S. The molecule has 2 aromatic carbocycles. The molecule has 1 amide bonds. The molecule has 2 aromatic heterocycles. The number of rotatable bonds is 4. The fourth-order valence-corrected chi connectivity index (χ4v) is 3.68. The van der Waals surface area contributed by atoms with Crippen LogP contribution >= 0.6 is 11.3 Å². The summed E-state index contributed by atoms with van der Waals surface area (Å²) in [5.74, 6) is -1.89. The van der Waals surface area contributed by atoms with Gasteiger partial charge in [-0.3, -0.25) is 19.4 Å². The Balaban J connectivity index is 1.54. The summed E-state index contributed by atoms with van der Waals surface area (Å²) in [4.78, 5) is 38.4. The van der Waals surface area contributed by atoms with Crippen molar-refractivity contribution in [2.24, 2.45) is 0 Å². The van der Waals surface area contributed by atoms with E-state index in [1.54, 1.807) is 24.3 Å². The molecule has 0 spiro atoms. The Hall–Kier alpha value is -4.05. The minimum atomic E-state index is -0.689. The van der Waals surface area contributed by atoms with Gasteiger partial charge < -0.3 is 25.1 Å². The smallest absolute Gasteiger partial charge is 0.307 e. The zero-order chi connectivity index (χ0) is 21.4. The molecule has 0 saturated heterocycles. The van der Waals surface area contributed by atoms with E-state index in [4.69, 9.17) is 4.42 Å². The van der Waals surface area contributed by atoms with E-state index in [-0.39, 0.29) is 33.2 Å². The Morgan fingerprint density at radius 3 is 2.47 bits per heavy atom. The summed E-state index contributed by atoms with van der Waals surface area (Å²) in [6, 6.07) is 9.77. The van der Waals surface area contributed by atoms with Gasteiger partial charge in [0.1, 0.15) is 22.5 Å². The molecule has 10 heteroatoms. The lowest BCUT2D eigenvalue weighted by molar-refractivity contribution is 0.0997. The molecule has 5 N–H and O–H groups in total. The largest absolute Gasteiger partial charge is 0.508 e. The SMILES string of the molecule is O=C(Nc1ccc(Cc2sc(=O)[nH]c2O)cc1)c1cc(=O)c2c(O)cc(O)cc2o1. The number of phenols is 2. The predicted molar refractivity (Wildman–Crippen MR) is 110 cm³/mol. The van der Waals surface area contributed by atoms with Gasteiger partial charge in [0.15, 0.2) is 11.2 Å². The first-order chi connectivity index (χ1) is 14.3. The number of hydrogen-bond acceptors (Lipinski definition) is 8. The number of carbonyl (C=O) groups excluding carboxylic acids is 1. The van der Waals surface area contributed by atoms with Crippen LogP contribution < -0.4 is 15.6 Å². The zero-order valence-electron chi connectivity index (χ0n) is 15.1. The number of anilines is 1. The molecule has 0 aliphatic carbocycles. The first-order valence-corrected chi connectivity index (χ1v) is 9.43. The number of aromatic nitrogens is 1. The monoisotopic (exact) mass is 426 g/mol. The average Bonchev–Trinajstić information content (AvgIpc) is 2.99. The van der Waals surface area contributed by atoms with Gasteiger partial charge in [-0.25, -0.2) is 0 Å². The molecule has 4 aromatic rings. The number of aromatic amines is 1. The van der Waals surface area contributed by atoms with Crippen molar-refractivity contribution in [3.05, 3.63) is 78.6 Å². The Morgan fingerprint density at radius 2 is 1.80 bits per heavy atom. The molecule has 4 rings (SSSR count). The van der Waals surface area contributed by atoms with Crippen molar-refractivity contribution in [1.82, 2.24) is 4.98 Å². The molecule has 152 valence electrons. The quantitative estimate of drug-likeness (QED) is 0.336. The van der Waals surface area contributed by atoms with E-state index in [0.29, 0.717) is 17.0 Å². The van der Waals surface area contributed by atoms with E-state index in [1.807, 2.05) is 0 Å². The summed E-state index contributed by atoms with van der Waals surface area (Å²) >= 11 is 0.917. The van der Waals surface area contributed by atoms with Crippen LogP contribution in [-0.4, -0.2) is 26.2 Å². The lowest BCUT2D eigenvalue weighted by atomic mass is 10.1. The van der Waals surface area contributed by atoms with Crippen LogP contribution in [0.25, 0.3) is 11.0 Å². The molecule has 0 radical (unpaired) electrons. The standard InChI is InChI=1S/C20H14N2O7S/c23-11-6-12(24)17-13(25)8-15(29-14(17)7-11)18(26)21-10-3-1-9(2-4-10)5-16-19(27)22-20(28)30-16/h1-4,6-8,23-24,27H,5H2,(H,21,26)(H,22,28). The van der Waals surface area contributed by atoms with Gasteiger partial charge in [0.2, 0.25) is 5.88 Å². The van der Waals surface area contributed by atoms with E-state index in [2.05, 4.69) is 10.3 Å². The summed E-state index contributed by atoms with van der Waals surface area (Å²) in [7, 11) is 0. The summed E-state index contributed by atoms with van der Waals surface area (Å²) < 4.78 is 5.36. The van der Waals surface area contributed by atoms with Crippen molar-refractivity contribution < 1.29 is 24.5 Å². The lowest BCUT2D eigenvalue weighted by Gasteiger charge is -2.07. The maximum atomic E-state index is 12.5. The van der Waals surface area contributed by atoms with Crippen molar-refractivity contribution in [1.29, 1.82) is 0 Å². The number of fused-ring (bicyclic) bond motifs is 1. The van der Waals surface area contributed by atoms with Crippen LogP contribution in [0.2, 0.25) is 0 Å². The van der Waals surface area contributed by atoms with Gasteiger partial charge in [-0.1, -0.05) is 23.5 Å². The molecule has 0 bridgehead atoms. The van der Waals surface area contributed by atoms with Crippen molar-refractivity contribution in [2.45, 2.75) is 6.42 Å². The number of hydrogen-bond donors (Lipinski definition) is 5. The summed E-state index contributed by atoms with van der Waals surface area (Å²) in [6.45, 7) is 0. The second-order valence-corrected chi connectivity index (χ2v) is 7.49. The minimum Gasteiger partial charge on any atom is -0.508 e. The molecule has 0 saturated carbocycles. The molecule has 0 atom stereocenters. The lowest BCUT2D eigenvalue weighted by Crippen LogP contribution is -2.15. The van der Waals surface area contributed by atoms with Gasteiger partial charge in [0.05, 0.1) is 4.88 Å². The third-order valence-corrected chi connectivity index (χ3v) is 5.17. The number of amides is 1. The summed E-state index contributed by atoms with van der Waals surface area (Å²) in [5, 5.41) is 31.5. The third-order valence-electron chi connectivity index (χ3n) is 4.30. The van der Waals surface area contributed by atoms with Gasteiger partial charge in [-0.05, 0) is 17.7 Å².